The Kier molecular flexibility index (Phi) is 3.06. The Bertz CT molecular complexity index is 324. The van der Waals surface area contributed by atoms with Crippen LogP contribution in [0.3, 0.4) is 0 Å². The van der Waals surface area contributed by atoms with Gasteiger partial charge in [-0.05, 0) is 25.3 Å². The van der Waals surface area contributed by atoms with Crippen LogP contribution in [-0.2, 0) is 0 Å². The molecule has 1 saturated carbocycles. The lowest BCUT2D eigenvalue weighted by molar-refractivity contribution is 0.0643. The van der Waals surface area contributed by atoms with Gasteiger partial charge in [-0.1, -0.05) is 6.07 Å². The van der Waals surface area contributed by atoms with Crippen molar-refractivity contribution in [1.29, 1.82) is 0 Å². The SMILES string of the molecule is COc1cccc(OC2CC(CN)C2)n1. The highest BCUT2D eigenvalue weighted by molar-refractivity contribution is 5.20. The van der Waals surface area contributed by atoms with Crippen LogP contribution in [0.2, 0.25) is 0 Å². The van der Waals surface area contributed by atoms with Crippen molar-refractivity contribution in [3.63, 3.8) is 0 Å². The van der Waals surface area contributed by atoms with E-state index < -0.39 is 0 Å². The van der Waals surface area contributed by atoms with Gasteiger partial charge in [0, 0.05) is 12.1 Å². The fourth-order valence-corrected chi connectivity index (χ4v) is 1.71. The van der Waals surface area contributed by atoms with Gasteiger partial charge in [-0.25, -0.2) is 0 Å². The van der Waals surface area contributed by atoms with Gasteiger partial charge >= 0.3 is 0 Å². The topological polar surface area (TPSA) is 57.4 Å². The summed E-state index contributed by atoms with van der Waals surface area (Å²) < 4.78 is 10.7. The van der Waals surface area contributed by atoms with E-state index in [1.807, 2.05) is 12.1 Å². The second-order valence-corrected chi connectivity index (χ2v) is 3.83. The summed E-state index contributed by atoms with van der Waals surface area (Å²) in [6, 6.07) is 5.52. The maximum absolute atomic E-state index is 5.68. The summed E-state index contributed by atoms with van der Waals surface area (Å²) in [5, 5.41) is 0. The average Bonchev–Trinajstić information content (AvgIpc) is 2.23. The second kappa shape index (κ2) is 4.49. The molecule has 2 rings (SSSR count). The maximum atomic E-state index is 5.68. The molecule has 0 atom stereocenters. The first-order chi connectivity index (χ1) is 7.31. The van der Waals surface area contributed by atoms with Crippen molar-refractivity contribution in [2.75, 3.05) is 13.7 Å². The largest absolute Gasteiger partial charge is 0.481 e. The molecule has 82 valence electrons. The van der Waals surface area contributed by atoms with Gasteiger partial charge in [0.05, 0.1) is 7.11 Å². The molecule has 0 saturated heterocycles. The number of nitrogens with two attached hydrogens (primary N) is 1. The zero-order valence-corrected chi connectivity index (χ0v) is 8.85. The summed E-state index contributed by atoms with van der Waals surface area (Å²) in [5.41, 5.74) is 5.54. The van der Waals surface area contributed by atoms with Crippen molar-refractivity contribution < 1.29 is 9.47 Å². The van der Waals surface area contributed by atoms with Gasteiger partial charge in [0.1, 0.15) is 6.10 Å². The van der Waals surface area contributed by atoms with Gasteiger partial charge in [-0.3, -0.25) is 0 Å². The molecule has 0 aromatic carbocycles. The number of methoxy groups -OCH3 is 1. The normalized spacial score (nSPS) is 24.4. The molecule has 1 fully saturated rings. The summed E-state index contributed by atoms with van der Waals surface area (Å²) in [7, 11) is 1.60. The van der Waals surface area contributed by atoms with Crippen LogP contribution in [0, 0.1) is 5.92 Å². The average molecular weight is 208 g/mol. The van der Waals surface area contributed by atoms with Crippen molar-refractivity contribution in [3.05, 3.63) is 18.2 Å². The van der Waals surface area contributed by atoms with Gasteiger partial charge in [0.25, 0.3) is 0 Å². The van der Waals surface area contributed by atoms with E-state index >= 15 is 0 Å². The molecule has 4 heteroatoms. The highest BCUT2D eigenvalue weighted by Gasteiger charge is 2.29. The van der Waals surface area contributed by atoms with Crippen LogP contribution >= 0.6 is 0 Å². The summed E-state index contributed by atoms with van der Waals surface area (Å²) in [5.74, 6) is 1.85. The van der Waals surface area contributed by atoms with Gasteiger partial charge < -0.3 is 15.2 Å². The van der Waals surface area contributed by atoms with Gasteiger partial charge in [0.2, 0.25) is 11.8 Å². The summed E-state index contributed by atoms with van der Waals surface area (Å²) in [6.45, 7) is 0.755. The standard InChI is InChI=1S/C11H16N2O2/c1-14-10-3-2-4-11(13-10)15-9-5-8(6-9)7-12/h2-4,8-9H,5-7,12H2,1H3. The predicted molar refractivity (Wildman–Crippen MR) is 57.0 cm³/mol. The maximum Gasteiger partial charge on any atom is 0.216 e. The van der Waals surface area contributed by atoms with Crippen LogP contribution in [0.25, 0.3) is 0 Å². The summed E-state index contributed by atoms with van der Waals surface area (Å²) >= 11 is 0. The van der Waals surface area contributed by atoms with E-state index in [2.05, 4.69) is 4.98 Å². The molecule has 1 aromatic heterocycles. The monoisotopic (exact) mass is 208 g/mol. The molecule has 0 aliphatic heterocycles. The number of nitrogens with zero attached hydrogens (tertiary/aromatic N) is 1. The molecule has 1 aliphatic carbocycles. The lowest BCUT2D eigenvalue weighted by Crippen LogP contribution is -2.37. The molecule has 2 N–H and O–H groups in total. The van der Waals surface area contributed by atoms with Crippen LogP contribution in [0.15, 0.2) is 18.2 Å². The Morgan fingerprint density at radius 2 is 2.13 bits per heavy atom. The zero-order valence-electron chi connectivity index (χ0n) is 8.85. The third kappa shape index (κ3) is 2.39. The Labute approximate surface area is 89.4 Å². The fraction of sp³-hybridized carbons (Fsp3) is 0.545. The van der Waals surface area contributed by atoms with Crippen LogP contribution in [0.5, 0.6) is 11.8 Å². The lowest BCUT2D eigenvalue weighted by Gasteiger charge is -2.34. The van der Waals surface area contributed by atoms with Crippen molar-refractivity contribution in [2.45, 2.75) is 18.9 Å². The third-order valence-electron chi connectivity index (χ3n) is 2.72. The van der Waals surface area contributed by atoms with E-state index in [4.69, 9.17) is 15.2 Å². The minimum atomic E-state index is 0.276. The molecule has 1 heterocycles. The van der Waals surface area contributed by atoms with E-state index in [9.17, 15) is 0 Å². The van der Waals surface area contributed by atoms with Gasteiger partial charge in [-0.2, -0.15) is 4.98 Å². The molecule has 0 spiro atoms. The first-order valence-corrected chi connectivity index (χ1v) is 5.19. The molecule has 1 aliphatic rings. The van der Waals surface area contributed by atoms with E-state index in [-0.39, 0.29) is 6.10 Å². The summed E-state index contributed by atoms with van der Waals surface area (Å²) in [6.07, 6.45) is 2.35. The second-order valence-electron chi connectivity index (χ2n) is 3.83. The Balaban J connectivity index is 1.88. The van der Waals surface area contributed by atoms with Crippen molar-refractivity contribution in [3.8, 4) is 11.8 Å². The molecule has 15 heavy (non-hydrogen) atoms. The van der Waals surface area contributed by atoms with Crippen LogP contribution < -0.4 is 15.2 Å². The molecular formula is C11H16N2O2. The first-order valence-electron chi connectivity index (χ1n) is 5.19. The lowest BCUT2D eigenvalue weighted by atomic mass is 9.82. The van der Waals surface area contributed by atoms with Gasteiger partial charge in [0.15, 0.2) is 0 Å². The number of aromatic nitrogens is 1. The number of ether oxygens (including phenoxy) is 2. The van der Waals surface area contributed by atoms with E-state index in [1.165, 1.54) is 0 Å². The van der Waals surface area contributed by atoms with E-state index in [0.717, 1.165) is 19.4 Å². The number of pyridine rings is 1. The molecule has 4 nitrogen and oxygen atoms in total. The molecular weight excluding hydrogens is 192 g/mol. The van der Waals surface area contributed by atoms with E-state index in [0.29, 0.717) is 17.7 Å². The highest BCUT2D eigenvalue weighted by atomic mass is 16.5. The molecule has 0 radical (unpaired) electrons. The highest BCUT2D eigenvalue weighted by Crippen LogP contribution is 2.30. The Morgan fingerprint density at radius 1 is 1.40 bits per heavy atom. The van der Waals surface area contributed by atoms with Crippen molar-refractivity contribution in [1.82, 2.24) is 4.98 Å². The Hall–Kier alpha value is -1.29. The van der Waals surface area contributed by atoms with Gasteiger partial charge in [-0.15, -0.1) is 0 Å². The molecule has 1 aromatic rings. The van der Waals surface area contributed by atoms with Crippen molar-refractivity contribution in [2.24, 2.45) is 11.7 Å². The smallest absolute Gasteiger partial charge is 0.216 e. The van der Waals surface area contributed by atoms with Crippen LogP contribution in [0.1, 0.15) is 12.8 Å². The van der Waals surface area contributed by atoms with E-state index in [1.54, 1.807) is 13.2 Å². The summed E-state index contributed by atoms with van der Waals surface area (Å²) in [4.78, 5) is 4.19. The third-order valence-corrected chi connectivity index (χ3v) is 2.72. The quantitative estimate of drug-likeness (QED) is 0.808. The molecule has 0 amide bonds. The van der Waals surface area contributed by atoms with Crippen LogP contribution in [0.4, 0.5) is 0 Å². The van der Waals surface area contributed by atoms with Crippen molar-refractivity contribution >= 4 is 0 Å². The molecule has 0 bridgehead atoms. The number of hydrogen-bond donors (Lipinski definition) is 1. The van der Waals surface area contributed by atoms with Crippen LogP contribution in [-0.4, -0.2) is 24.7 Å². The first kappa shape index (κ1) is 10.2. The zero-order chi connectivity index (χ0) is 10.7. The number of rotatable bonds is 4. The minimum Gasteiger partial charge on any atom is -0.481 e. The Morgan fingerprint density at radius 3 is 2.80 bits per heavy atom. The fourth-order valence-electron chi connectivity index (χ4n) is 1.71. The number of hydrogen-bond acceptors (Lipinski definition) is 4. The molecule has 0 unspecified atom stereocenters. The minimum absolute atomic E-state index is 0.276. The predicted octanol–water partition coefficient (Wildman–Crippen LogP) is 1.21.